The Hall–Kier alpha value is 0.590. The summed E-state index contributed by atoms with van der Waals surface area (Å²) in [6.45, 7) is 0. The Kier molecular flexibility index (Phi) is 14.1. The van der Waals surface area contributed by atoms with Gasteiger partial charge in [-0.3, -0.25) is 4.55 Å². The molecular formula is C7H8Na2O7S. The van der Waals surface area contributed by atoms with Crippen LogP contribution >= 0.6 is 0 Å². The molecule has 0 aliphatic carbocycles. The SMILES string of the molecule is O=C([O-])/C=C(/CCCS(=O)(=O)O)C(=O)[O-].[Na+].[Na+]. The van der Waals surface area contributed by atoms with Gasteiger partial charge >= 0.3 is 59.1 Å². The van der Waals surface area contributed by atoms with Crippen molar-refractivity contribution in [3.8, 4) is 0 Å². The standard InChI is InChI=1S/C7H10O7S.2Na/c8-6(9)4-5(7(10)11)2-1-3-15(12,13)14;;/h4H,1-3H2,(H,8,9)(H,10,11)(H,12,13,14);;/q;2*+1/p-2/b5-4-;;. The van der Waals surface area contributed by atoms with Gasteiger partial charge in [0.25, 0.3) is 10.1 Å². The molecular weight excluding hydrogens is 274 g/mol. The van der Waals surface area contributed by atoms with Gasteiger partial charge in [-0.1, -0.05) is 0 Å². The molecule has 0 saturated heterocycles. The van der Waals surface area contributed by atoms with E-state index in [0.717, 1.165) is 0 Å². The molecule has 0 aromatic rings. The van der Waals surface area contributed by atoms with Crippen molar-refractivity contribution < 1.29 is 91.9 Å². The van der Waals surface area contributed by atoms with Gasteiger partial charge in [-0.2, -0.15) is 8.42 Å². The number of carboxylic acids is 2. The third-order valence-corrected chi connectivity index (χ3v) is 2.21. The van der Waals surface area contributed by atoms with Crippen molar-refractivity contribution in [3.05, 3.63) is 11.6 Å². The van der Waals surface area contributed by atoms with Crippen LogP contribution in [0.3, 0.4) is 0 Å². The van der Waals surface area contributed by atoms with E-state index in [2.05, 4.69) is 0 Å². The van der Waals surface area contributed by atoms with Crippen LogP contribution < -0.4 is 69.3 Å². The largest absolute Gasteiger partial charge is 1.00 e. The quantitative estimate of drug-likeness (QED) is 0.290. The first-order chi connectivity index (χ1) is 6.72. The van der Waals surface area contributed by atoms with E-state index in [9.17, 15) is 28.2 Å². The number of aliphatic carboxylic acids is 2. The molecule has 17 heavy (non-hydrogen) atoms. The fourth-order valence-corrected chi connectivity index (χ4v) is 1.33. The van der Waals surface area contributed by atoms with E-state index >= 15 is 0 Å². The number of carboxylic acid groups (broad SMARTS) is 2. The third kappa shape index (κ3) is 14.5. The average molecular weight is 282 g/mol. The van der Waals surface area contributed by atoms with Crippen molar-refractivity contribution in [2.75, 3.05) is 5.75 Å². The predicted molar refractivity (Wildman–Crippen MR) is 43.7 cm³/mol. The van der Waals surface area contributed by atoms with Crippen LogP contribution in [0.4, 0.5) is 0 Å². The fourth-order valence-electron chi connectivity index (χ4n) is 0.820. The van der Waals surface area contributed by atoms with Crippen LogP contribution in [0.1, 0.15) is 12.8 Å². The van der Waals surface area contributed by atoms with Gasteiger partial charge in [-0.15, -0.1) is 0 Å². The van der Waals surface area contributed by atoms with Gasteiger partial charge in [0.1, 0.15) is 0 Å². The van der Waals surface area contributed by atoms with Crippen LogP contribution in [0, 0.1) is 0 Å². The van der Waals surface area contributed by atoms with Crippen molar-refractivity contribution in [1.82, 2.24) is 0 Å². The summed E-state index contributed by atoms with van der Waals surface area (Å²) in [6.07, 6.45) is -0.235. The summed E-state index contributed by atoms with van der Waals surface area (Å²) < 4.78 is 28.8. The molecule has 0 rings (SSSR count). The van der Waals surface area contributed by atoms with E-state index in [4.69, 9.17) is 4.55 Å². The molecule has 0 aliphatic heterocycles. The molecule has 0 saturated carbocycles. The van der Waals surface area contributed by atoms with Gasteiger partial charge in [0, 0.05) is 0 Å². The monoisotopic (exact) mass is 282 g/mol. The zero-order valence-corrected chi connectivity index (χ0v) is 14.3. The maximum atomic E-state index is 10.3. The second-order valence-electron chi connectivity index (χ2n) is 2.67. The van der Waals surface area contributed by atoms with E-state index in [-0.39, 0.29) is 72.0 Å². The minimum absolute atomic E-state index is 0. The third-order valence-electron chi connectivity index (χ3n) is 1.40. The molecule has 1 N–H and O–H groups in total. The van der Waals surface area contributed by atoms with Crippen LogP contribution in [0.25, 0.3) is 0 Å². The minimum atomic E-state index is -4.18. The Balaban J connectivity index is -0.000000980. The topological polar surface area (TPSA) is 135 Å². The summed E-state index contributed by atoms with van der Waals surface area (Å²) in [7, 11) is -4.18. The molecule has 0 aromatic carbocycles. The second-order valence-corrected chi connectivity index (χ2v) is 4.24. The Morgan fingerprint density at radius 3 is 1.94 bits per heavy atom. The normalized spacial score (nSPS) is 11.0. The molecule has 0 fully saturated rings. The summed E-state index contributed by atoms with van der Waals surface area (Å²) in [5.74, 6) is -4.07. The van der Waals surface area contributed by atoms with Gasteiger partial charge in [0.05, 0.1) is 17.7 Å². The molecule has 10 heteroatoms. The zero-order chi connectivity index (χ0) is 12.1. The average Bonchev–Trinajstić information content (AvgIpc) is 1.99. The molecule has 86 valence electrons. The Bertz CT molecular complexity index is 387. The first kappa shape index (κ1) is 22.7. The number of rotatable bonds is 6. The van der Waals surface area contributed by atoms with Crippen molar-refractivity contribution >= 4 is 22.1 Å². The smallest absolute Gasteiger partial charge is 0.545 e. The number of hydrogen-bond acceptors (Lipinski definition) is 6. The molecule has 0 bridgehead atoms. The van der Waals surface area contributed by atoms with E-state index in [0.29, 0.717) is 6.08 Å². The molecule has 0 atom stereocenters. The summed E-state index contributed by atoms with van der Waals surface area (Å²) in [4.78, 5) is 20.3. The van der Waals surface area contributed by atoms with Crippen LogP contribution in [0.2, 0.25) is 0 Å². The number of carbonyl (C=O) groups excluding carboxylic acids is 2. The second kappa shape index (κ2) is 10.5. The molecule has 0 unspecified atom stereocenters. The van der Waals surface area contributed by atoms with Gasteiger partial charge in [-0.25, -0.2) is 0 Å². The molecule has 0 amide bonds. The van der Waals surface area contributed by atoms with Crippen LogP contribution in [-0.4, -0.2) is 30.7 Å². The molecule has 0 radical (unpaired) electrons. The molecule has 0 heterocycles. The summed E-state index contributed by atoms with van der Waals surface area (Å²) in [5, 5.41) is 20.3. The van der Waals surface area contributed by atoms with Gasteiger partial charge in [0.15, 0.2) is 0 Å². The summed E-state index contributed by atoms with van der Waals surface area (Å²) in [5.41, 5.74) is -0.585. The van der Waals surface area contributed by atoms with E-state index in [1.165, 1.54) is 0 Å². The number of carbonyl (C=O) groups is 2. The first-order valence-corrected chi connectivity index (χ1v) is 5.41. The molecule has 0 aromatic heterocycles. The van der Waals surface area contributed by atoms with Crippen molar-refractivity contribution in [2.45, 2.75) is 12.8 Å². The molecule has 0 spiro atoms. The maximum absolute atomic E-state index is 10.3. The number of hydrogen-bond donors (Lipinski definition) is 1. The Morgan fingerprint density at radius 1 is 1.18 bits per heavy atom. The van der Waals surface area contributed by atoms with Crippen LogP contribution in [0.15, 0.2) is 11.6 Å². The van der Waals surface area contributed by atoms with Crippen LogP contribution in [0.5, 0.6) is 0 Å². The van der Waals surface area contributed by atoms with Gasteiger partial charge in [-0.05, 0) is 24.5 Å². The Labute approximate surface area is 143 Å². The van der Waals surface area contributed by atoms with E-state index in [1.807, 2.05) is 0 Å². The van der Waals surface area contributed by atoms with Crippen molar-refractivity contribution in [1.29, 1.82) is 0 Å². The fraction of sp³-hybridized carbons (Fsp3) is 0.429. The first-order valence-electron chi connectivity index (χ1n) is 3.80. The van der Waals surface area contributed by atoms with Crippen LogP contribution in [-0.2, 0) is 19.7 Å². The van der Waals surface area contributed by atoms with E-state index < -0.39 is 33.4 Å². The van der Waals surface area contributed by atoms with Crippen molar-refractivity contribution in [3.63, 3.8) is 0 Å². The van der Waals surface area contributed by atoms with E-state index in [1.54, 1.807) is 0 Å². The zero-order valence-electron chi connectivity index (χ0n) is 9.50. The summed E-state index contributed by atoms with van der Waals surface area (Å²) in [6, 6.07) is 0. The maximum Gasteiger partial charge on any atom is 1.00 e. The predicted octanol–water partition coefficient (Wildman–Crippen LogP) is -8.91. The molecule has 0 aliphatic rings. The Morgan fingerprint density at radius 2 is 1.65 bits per heavy atom. The minimum Gasteiger partial charge on any atom is -0.545 e. The molecule has 7 nitrogen and oxygen atoms in total. The van der Waals surface area contributed by atoms with Gasteiger partial charge < -0.3 is 19.8 Å². The van der Waals surface area contributed by atoms with Crippen molar-refractivity contribution in [2.24, 2.45) is 0 Å². The van der Waals surface area contributed by atoms with Gasteiger partial charge in [0.2, 0.25) is 0 Å². The summed E-state index contributed by atoms with van der Waals surface area (Å²) >= 11 is 0.